The van der Waals surface area contributed by atoms with E-state index >= 15 is 0 Å². The van der Waals surface area contributed by atoms with Crippen molar-refractivity contribution in [3.8, 4) is 0 Å². The minimum atomic E-state index is -0.470. The molecule has 2 atom stereocenters. The highest BCUT2D eigenvalue weighted by molar-refractivity contribution is 5.93. The van der Waals surface area contributed by atoms with Gasteiger partial charge in [-0.15, -0.1) is 0 Å². The summed E-state index contributed by atoms with van der Waals surface area (Å²) in [6.07, 6.45) is 0. The van der Waals surface area contributed by atoms with E-state index < -0.39 is 5.91 Å². The summed E-state index contributed by atoms with van der Waals surface area (Å²) in [5.74, 6) is 0.545. The molecule has 1 amide bonds. The molecule has 4 heteroatoms. The van der Waals surface area contributed by atoms with Crippen molar-refractivity contribution in [2.75, 3.05) is 13.6 Å². The van der Waals surface area contributed by atoms with Crippen LogP contribution < -0.4 is 5.48 Å². The lowest BCUT2D eigenvalue weighted by atomic mass is 9.89. The number of carbonyl (C=O) groups is 1. The summed E-state index contributed by atoms with van der Waals surface area (Å²) in [4.78, 5) is 13.8. The lowest BCUT2D eigenvalue weighted by molar-refractivity contribution is 0.0706. The molecule has 4 nitrogen and oxygen atoms in total. The van der Waals surface area contributed by atoms with E-state index in [1.165, 1.54) is 5.56 Å². The Labute approximate surface area is 128 Å². The summed E-state index contributed by atoms with van der Waals surface area (Å²) in [7, 11) is 2.16. The van der Waals surface area contributed by atoms with Crippen LogP contribution >= 0.6 is 0 Å². The zero-order valence-corrected chi connectivity index (χ0v) is 14.0. The molecule has 118 valence electrons. The summed E-state index contributed by atoms with van der Waals surface area (Å²) in [6.45, 7) is 12.0. The number of hydrogen-bond acceptors (Lipinski definition) is 3. The van der Waals surface area contributed by atoms with Gasteiger partial charge in [-0.1, -0.05) is 26.8 Å². The largest absolute Gasteiger partial charge is 0.303 e. The van der Waals surface area contributed by atoms with Crippen molar-refractivity contribution in [3.63, 3.8) is 0 Å². The van der Waals surface area contributed by atoms with Crippen molar-refractivity contribution in [2.45, 2.75) is 46.6 Å². The molecule has 0 saturated heterocycles. The number of carbonyl (C=O) groups excluding carboxylic acids is 1. The molecule has 0 aromatic heterocycles. The molecule has 2 N–H and O–H groups in total. The van der Waals surface area contributed by atoms with Gasteiger partial charge in [-0.2, -0.15) is 0 Å². The zero-order valence-electron chi connectivity index (χ0n) is 14.0. The van der Waals surface area contributed by atoms with E-state index in [1.54, 1.807) is 11.5 Å². The van der Waals surface area contributed by atoms with E-state index in [-0.39, 0.29) is 0 Å². The average Bonchev–Trinajstić information content (AvgIpc) is 2.43. The number of amides is 1. The number of hydroxylamine groups is 1. The first-order valence-electron chi connectivity index (χ1n) is 7.53. The maximum absolute atomic E-state index is 11.4. The quantitative estimate of drug-likeness (QED) is 0.625. The van der Waals surface area contributed by atoms with Gasteiger partial charge in [-0.3, -0.25) is 10.0 Å². The van der Waals surface area contributed by atoms with Gasteiger partial charge in [0.15, 0.2) is 0 Å². The first-order valence-corrected chi connectivity index (χ1v) is 7.53. The molecule has 0 radical (unpaired) electrons. The van der Waals surface area contributed by atoms with Crippen LogP contribution in [-0.2, 0) is 0 Å². The Morgan fingerprint density at radius 2 is 1.90 bits per heavy atom. The van der Waals surface area contributed by atoms with Crippen LogP contribution in [0.1, 0.15) is 55.1 Å². The number of likely N-dealkylation sites (N-methyl/N-ethyl adjacent to an activating group) is 1. The molecule has 0 heterocycles. The van der Waals surface area contributed by atoms with Crippen molar-refractivity contribution >= 4 is 5.91 Å². The van der Waals surface area contributed by atoms with Gasteiger partial charge in [0.2, 0.25) is 0 Å². The molecule has 0 bridgehead atoms. The van der Waals surface area contributed by atoms with E-state index in [9.17, 15) is 4.79 Å². The fraction of sp³-hybridized carbons (Fsp3) is 0.588. The lowest BCUT2D eigenvalue weighted by Crippen LogP contribution is -2.36. The predicted octanol–water partition coefficient (Wildman–Crippen LogP) is 3.19. The molecule has 1 aromatic rings. The fourth-order valence-electron chi connectivity index (χ4n) is 2.78. The monoisotopic (exact) mass is 292 g/mol. The second-order valence-electron chi connectivity index (χ2n) is 6.37. The van der Waals surface area contributed by atoms with Gasteiger partial charge in [0, 0.05) is 18.2 Å². The first-order chi connectivity index (χ1) is 9.77. The highest BCUT2D eigenvalue weighted by Crippen LogP contribution is 2.26. The van der Waals surface area contributed by atoms with Crippen molar-refractivity contribution in [1.82, 2.24) is 10.4 Å². The van der Waals surface area contributed by atoms with Gasteiger partial charge in [-0.25, -0.2) is 5.48 Å². The summed E-state index contributed by atoms with van der Waals surface area (Å²) in [5, 5.41) is 8.70. The lowest BCUT2D eigenvalue weighted by Gasteiger charge is -2.32. The molecule has 0 fully saturated rings. The topological polar surface area (TPSA) is 52.6 Å². The number of benzene rings is 1. The van der Waals surface area contributed by atoms with Gasteiger partial charge in [0.25, 0.3) is 5.91 Å². The Morgan fingerprint density at radius 1 is 1.29 bits per heavy atom. The summed E-state index contributed by atoms with van der Waals surface area (Å²) in [6, 6.07) is 6.00. The van der Waals surface area contributed by atoms with Gasteiger partial charge < -0.3 is 4.90 Å². The van der Waals surface area contributed by atoms with Crippen LogP contribution in [0.4, 0.5) is 0 Å². The molecular formula is C17H28N2O2. The zero-order chi connectivity index (χ0) is 16.2. The van der Waals surface area contributed by atoms with Crippen molar-refractivity contribution in [2.24, 2.45) is 5.92 Å². The first kappa shape index (κ1) is 17.7. The maximum Gasteiger partial charge on any atom is 0.274 e. The van der Waals surface area contributed by atoms with Crippen molar-refractivity contribution in [1.29, 1.82) is 0 Å². The maximum atomic E-state index is 11.4. The predicted molar refractivity (Wildman–Crippen MR) is 85.8 cm³/mol. The third-order valence-corrected chi connectivity index (χ3v) is 4.20. The van der Waals surface area contributed by atoms with E-state index in [0.717, 1.165) is 12.1 Å². The van der Waals surface area contributed by atoms with Crippen LogP contribution in [0.5, 0.6) is 0 Å². The van der Waals surface area contributed by atoms with Crippen LogP contribution in [0, 0.1) is 12.8 Å². The molecule has 0 saturated carbocycles. The summed E-state index contributed by atoms with van der Waals surface area (Å²) < 4.78 is 0. The number of rotatable bonds is 6. The summed E-state index contributed by atoms with van der Waals surface area (Å²) in [5.41, 5.74) is 4.47. The third-order valence-electron chi connectivity index (χ3n) is 4.20. The van der Waals surface area contributed by atoms with Gasteiger partial charge in [-0.05, 0) is 56.0 Å². The molecule has 1 rings (SSSR count). The molecule has 2 unspecified atom stereocenters. The highest BCUT2D eigenvalue weighted by atomic mass is 16.5. The smallest absolute Gasteiger partial charge is 0.274 e. The number of nitrogens with one attached hydrogen (secondary N) is 1. The fourth-order valence-corrected chi connectivity index (χ4v) is 2.78. The molecular weight excluding hydrogens is 264 g/mol. The van der Waals surface area contributed by atoms with E-state index in [1.807, 2.05) is 19.1 Å². The van der Waals surface area contributed by atoms with Crippen molar-refractivity contribution < 1.29 is 10.0 Å². The number of aryl methyl sites for hydroxylation is 1. The van der Waals surface area contributed by atoms with Crippen molar-refractivity contribution in [3.05, 3.63) is 34.9 Å². The van der Waals surface area contributed by atoms with Gasteiger partial charge in [0.1, 0.15) is 0 Å². The standard InChI is InChI=1S/C17H28N2O2/c1-11(2)10-19(6)14(5)13(4)16-8-7-15(9-12(16)3)17(20)18-21/h7-9,11,13-14,21H,10H2,1-6H3,(H,18,20). The molecule has 0 spiro atoms. The molecule has 0 aliphatic rings. The highest BCUT2D eigenvalue weighted by Gasteiger charge is 2.21. The van der Waals surface area contributed by atoms with E-state index in [4.69, 9.17) is 5.21 Å². The van der Waals surface area contributed by atoms with E-state index in [2.05, 4.69) is 39.6 Å². The third kappa shape index (κ3) is 4.55. The Morgan fingerprint density at radius 3 is 2.38 bits per heavy atom. The second-order valence-corrected chi connectivity index (χ2v) is 6.37. The summed E-state index contributed by atoms with van der Waals surface area (Å²) >= 11 is 0. The number of hydrogen-bond donors (Lipinski definition) is 2. The van der Waals surface area contributed by atoms with Gasteiger partial charge in [0.05, 0.1) is 0 Å². The SMILES string of the molecule is Cc1cc(C(=O)NO)ccc1C(C)C(C)N(C)CC(C)C. The Balaban J connectivity index is 2.92. The molecule has 21 heavy (non-hydrogen) atoms. The molecule has 0 aliphatic heterocycles. The van der Waals surface area contributed by atoms with E-state index in [0.29, 0.717) is 23.4 Å². The molecule has 0 aliphatic carbocycles. The van der Waals surface area contributed by atoms with Crippen LogP contribution in [-0.4, -0.2) is 35.6 Å². The Bertz CT molecular complexity index is 486. The second kappa shape index (κ2) is 7.57. The molecule has 1 aromatic carbocycles. The Hall–Kier alpha value is -1.39. The minimum Gasteiger partial charge on any atom is -0.303 e. The number of nitrogens with zero attached hydrogens (tertiary/aromatic N) is 1. The van der Waals surface area contributed by atoms with Crippen LogP contribution in [0.3, 0.4) is 0 Å². The van der Waals surface area contributed by atoms with Crippen LogP contribution in [0.15, 0.2) is 18.2 Å². The van der Waals surface area contributed by atoms with Gasteiger partial charge >= 0.3 is 0 Å². The average molecular weight is 292 g/mol. The van der Waals surface area contributed by atoms with Crippen LogP contribution in [0.2, 0.25) is 0 Å². The minimum absolute atomic E-state index is 0.375. The van der Waals surface area contributed by atoms with Crippen LogP contribution in [0.25, 0.3) is 0 Å². The normalized spacial score (nSPS) is 14.3. The Kier molecular flexibility index (Phi) is 6.37.